The maximum atomic E-state index is 11.9. The number of fused-ring (bicyclic) bond motifs is 1. The van der Waals surface area contributed by atoms with E-state index in [4.69, 9.17) is 0 Å². The molecule has 22 heavy (non-hydrogen) atoms. The lowest BCUT2D eigenvalue weighted by molar-refractivity contribution is -0.121. The number of para-hydroxylation sites is 1. The van der Waals surface area contributed by atoms with Gasteiger partial charge in [0.15, 0.2) is 0 Å². The summed E-state index contributed by atoms with van der Waals surface area (Å²) >= 11 is 0. The molecule has 1 aromatic heterocycles. The lowest BCUT2D eigenvalue weighted by Gasteiger charge is -2.21. The number of hydrogen-bond donors (Lipinski definition) is 2. The third-order valence-electron chi connectivity index (χ3n) is 4.04. The molecule has 0 saturated heterocycles. The Hall–Kier alpha value is -1.81. The van der Waals surface area contributed by atoms with Crippen LogP contribution in [-0.4, -0.2) is 28.7 Å². The molecule has 1 amide bonds. The van der Waals surface area contributed by atoms with Crippen LogP contribution in [0.1, 0.15) is 33.1 Å². The van der Waals surface area contributed by atoms with Crippen LogP contribution in [0.25, 0.3) is 10.9 Å². The highest BCUT2D eigenvalue weighted by molar-refractivity contribution is 5.80. The van der Waals surface area contributed by atoms with Crippen LogP contribution in [0.2, 0.25) is 0 Å². The number of aliphatic hydroxyl groups excluding tert-OH is 1. The molecule has 2 rings (SSSR count). The van der Waals surface area contributed by atoms with Gasteiger partial charge in [-0.05, 0) is 35.8 Å². The molecule has 0 fully saturated rings. The molecule has 2 aromatic rings. The summed E-state index contributed by atoms with van der Waals surface area (Å²) in [7, 11) is 0. The number of aromatic nitrogens is 1. The first-order chi connectivity index (χ1) is 10.5. The summed E-state index contributed by atoms with van der Waals surface area (Å²) in [6.45, 7) is 5.62. The second-order valence-corrected chi connectivity index (χ2v) is 6.59. The number of aryl methyl sites for hydroxylation is 1. The van der Waals surface area contributed by atoms with Gasteiger partial charge in [0.2, 0.25) is 5.91 Å². The molecule has 0 radical (unpaired) electrons. The van der Waals surface area contributed by atoms with Gasteiger partial charge in [0.05, 0.1) is 0 Å². The highest BCUT2D eigenvalue weighted by Crippen LogP contribution is 2.20. The lowest BCUT2D eigenvalue weighted by Crippen LogP contribution is -2.27. The van der Waals surface area contributed by atoms with Crippen LogP contribution >= 0.6 is 0 Å². The van der Waals surface area contributed by atoms with Crippen molar-refractivity contribution in [2.45, 2.75) is 39.7 Å². The first kappa shape index (κ1) is 16.6. The summed E-state index contributed by atoms with van der Waals surface area (Å²) < 4.78 is 2.11. The summed E-state index contributed by atoms with van der Waals surface area (Å²) in [5.74, 6) is 0.0829. The van der Waals surface area contributed by atoms with Crippen LogP contribution in [0, 0.1) is 5.41 Å². The highest BCUT2D eigenvalue weighted by atomic mass is 16.3. The molecule has 120 valence electrons. The largest absolute Gasteiger partial charge is 0.396 e. The van der Waals surface area contributed by atoms with Crippen molar-refractivity contribution < 1.29 is 9.90 Å². The maximum Gasteiger partial charge on any atom is 0.221 e. The highest BCUT2D eigenvalue weighted by Gasteiger charge is 2.15. The summed E-state index contributed by atoms with van der Waals surface area (Å²) in [5, 5.41) is 13.3. The molecule has 0 atom stereocenters. The first-order valence-electron chi connectivity index (χ1n) is 7.93. The smallest absolute Gasteiger partial charge is 0.221 e. The summed E-state index contributed by atoms with van der Waals surface area (Å²) in [5.41, 5.74) is 1.11. The summed E-state index contributed by atoms with van der Waals surface area (Å²) in [4.78, 5) is 11.9. The molecule has 1 heterocycles. The zero-order valence-corrected chi connectivity index (χ0v) is 13.5. The second-order valence-electron chi connectivity index (χ2n) is 6.59. The number of nitrogens with zero attached hydrogens (tertiary/aromatic N) is 1. The Morgan fingerprint density at radius 2 is 2.05 bits per heavy atom. The molecule has 1 aromatic carbocycles. The molecule has 0 spiro atoms. The van der Waals surface area contributed by atoms with E-state index in [0.717, 1.165) is 12.8 Å². The van der Waals surface area contributed by atoms with Crippen molar-refractivity contribution >= 4 is 16.8 Å². The Morgan fingerprint density at radius 1 is 1.27 bits per heavy atom. The third kappa shape index (κ3) is 4.60. The zero-order chi connectivity index (χ0) is 16.0. The molecule has 0 aliphatic heterocycles. The molecule has 4 nitrogen and oxygen atoms in total. The van der Waals surface area contributed by atoms with Crippen LogP contribution in [0.3, 0.4) is 0 Å². The van der Waals surface area contributed by atoms with Crippen molar-refractivity contribution in [3.05, 3.63) is 36.5 Å². The predicted octanol–water partition coefficient (Wildman–Crippen LogP) is 2.95. The van der Waals surface area contributed by atoms with Crippen LogP contribution < -0.4 is 5.32 Å². The van der Waals surface area contributed by atoms with E-state index in [9.17, 15) is 9.90 Å². The fourth-order valence-electron chi connectivity index (χ4n) is 2.52. The molecule has 0 unspecified atom stereocenters. The SMILES string of the molecule is CC(C)(CO)CCCNC(=O)CCn1ccc2ccccc21. The van der Waals surface area contributed by atoms with Crippen molar-refractivity contribution in [3.63, 3.8) is 0 Å². The molecular formula is C18H26N2O2. The van der Waals surface area contributed by atoms with Crippen molar-refractivity contribution in [1.29, 1.82) is 0 Å². The number of amides is 1. The Morgan fingerprint density at radius 3 is 2.82 bits per heavy atom. The molecule has 0 aliphatic rings. The predicted molar refractivity (Wildman–Crippen MR) is 89.7 cm³/mol. The first-order valence-corrected chi connectivity index (χ1v) is 7.93. The van der Waals surface area contributed by atoms with E-state index in [-0.39, 0.29) is 17.9 Å². The molecule has 0 bridgehead atoms. The molecule has 0 saturated carbocycles. The van der Waals surface area contributed by atoms with Gasteiger partial charge < -0.3 is 15.0 Å². The molecule has 4 heteroatoms. The van der Waals surface area contributed by atoms with Gasteiger partial charge in [0.25, 0.3) is 0 Å². The minimum Gasteiger partial charge on any atom is -0.396 e. The van der Waals surface area contributed by atoms with Gasteiger partial charge in [0, 0.05) is 37.8 Å². The van der Waals surface area contributed by atoms with Crippen LogP contribution in [-0.2, 0) is 11.3 Å². The quantitative estimate of drug-likeness (QED) is 0.737. The Balaban J connectivity index is 1.72. The minimum absolute atomic E-state index is 0.0607. The van der Waals surface area contributed by atoms with E-state index in [1.807, 2.05) is 32.2 Å². The van der Waals surface area contributed by atoms with E-state index in [1.54, 1.807) is 0 Å². The van der Waals surface area contributed by atoms with E-state index < -0.39 is 0 Å². The van der Waals surface area contributed by atoms with E-state index in [0.29, 0.717) is 19.5 Å². The van der Waals surface area contributed by atoms with Gasteiger partial charge in [-0.1, -0.05) is 32.0 Å². The number of benzene rings is 1. The average molecular weight is 302 g/mol. The Kier molecular flexibility index (Phi) is 5.61. The van der Waals surface area contributed by atoms with Gasteiger partial charge in [-0.3, -0.25) is 4.79 Å². The van der Waals surface area contributed by atoms with Gasteiger partial charge in [0.1, 0.15) is 0 Å². The van der Waals surface area contributed by atoms with Crippen LogP contribution in [0.4, 0.5) is 0 Å². The fourth-order valence-corrected chi connectivity index (χ4v) is 2.52. The van der Waals surface area contributed by atoms with Gasteiger partial charge in [-0.2, -0.15) is 0 Å². The average Bonchev–Trinajstić information content (AvgIpc) is 2.93. The summed E-state index contributed by atoms with van der Waals surface area (Å²) in [6.07, 6.45) is 4.32. The van der Waals surface area contributed by atoms with Crippen LogP contribution in [0.15, 0.2) is 36.5 Å². The van der Waals surface area contributed by atoms with Crippen molar-refractivity contribution in [3.8, 4) is 0 Å². The number of carbonyl (C=O) groups is 1. The topological polar surface area (TPSA) is 54.3 Å². The third-order valence-corrected chi connectivity index (χ3v) is 4.04. The Bertz CT molecular complexity index is 616. The van der Waals surface area contributed by atoms with Gasteiger partial charge in [-0.15, -0.1) is 0 Å². The fraction of sp³-hybridized carbons (Fsp3) is 0.500. The minimum atomic E-state index is -0.0607. The number of aliphatic hydroxyl groups is 1. The van der Waals surface area contributed by atoms with Gasteiger partial charge in [-0.25, -0.2) is 0 Å². The normalized spacial score (nSPS) is 11.8. The summed E-state index contributed by atoms with van der Waals surface area (Å²) in [6, 6.07) is 10.3. The second kappa shape index (κ2) is 7.45. The molecular weight excluding hydrogens is 276 g/mol. The molecule has 0 aliphatic carbocycles. The number of carbonyl (C=O) groups excluding carboxylic acids is 1. The monoisotopic (exact) mass is 302 g/mol. The van der Waals surface area contributed by atoms with Crippen molar-refractivity contribution in [1.82, 2.24) is 9.88 Å². The van der Waals surface area contributed by atoms with Crippen LogP contribution in [0.5, 0.6) is 0 Å². The van der Waals surface area contributed by atoms with E-state index in [2.05, 4.69) is 28.1 Å². The van der Waals surface area contributed by atoms with E-state index in [1.165, 1.54) is 10.9 Å². The molecule has 2 N–H and O–H groups in total. The lowest BCUT2D eigenvalue weighted by atomic mass is 9.89. The number of rotatable bonds is 8. The number of hydrogen-bond acceptors (Lipinski definition) is 2. The maximum absolute atomic E-state index is 11.9. The van der Waals surface area contributed by atoms with Crippen molar-refractivity contribution in [2.75, 3.05) is 13.2 Å². The van der Waals surface area contributed by atoms with Crippen molar-refractivity contribution in [2.24, 2.45) is 5.41 Å². The standard InChI is InChI=1S/C18H26N2O2/c1-18(2,14-21)10-5-11-19-17(22)9-13-20-12-8-15-6-3-4-7-16(15)20/h3-4,6-8,12,21H,5,9-11,13-14H2,1-2H3,(H,19,22). The number of nitrogens with one attached hydrogen (secondary N) is 1. The Labute approximate surface area is 132 Å². The van der Waals surface area contributed by atoms with Gasteiger partial charge >= 0.3 is 0 Å². The zero-order valence-electron chi connectivity index (χ0n) is 13.5. The van der Waals surface area contributed by atoms with E-state index >= 15 is 0 Å².